The standard InChI is InChI=1S/C11H20N2OS/c14-11(10-1-4-12-8-10)13-7-9-2-5-15-6-3-9/h9-10,12H,1-8H2,(H,13,14). The Morgan fingerprint density at radius 3 is 2.80 bits per heavy atom. The normalized spacial score (nSPS) is 27.9. The van der Waals surface area contributed by atoms with E-state index >= 15 is 0 Å². The molecule has 0 aromatic heterocycles. The molecule has 0 radical (unpaired) electrons. The van der Waals surface area contributed by atoms with Crippen LogP contribution in [0.25, 0.3) is 0 Å². The third kappa shape index (κ3) is 3.38. The SMILES string of the molecule is O=C(NCC1CCSCC1)C1CCNC1. The summed E-state index contributed by atoms with van der Waals surface area (Å²) >= 11 is 2.04. The highest BCUT2D eigenvalue weighted by Gasteiger charge is 2.23. The molecule has 0 aliphatic carbocycles. The lowest BCUT2D eigenvalue weighted by molar-refractivity contribution is -0.124. The van der Waals surface area contributed by atoms with Crippen molar-refractivity contribution in [2.45, 2.75) is 19.3 Å². The minimum Gasteiger partial charge on any atom is -0.356 e. The minimum atomic E-state index is 0.225. The first kappa shape index (κ1) is 11.3. The fourth-order valence-corrected chi connectivity index (χ4v) is 3.42. The van der Waals surface area contributed by atoms with E-state index in [1.165, 1.54) is 24.3 Å². The Morgan fingerprint density at radius 2 is 2.13 bits per heavy atom. The van der Waals surface area contributed by atoms with E-state index in [2.05, 4.69) is 10.6 Å². The van der Waals surface area contributed by atoms with Crippen LogP contribution in [0, 0.1) is 11.8 Å². The molecule has 2 N–H and O–H groups in total. The number of rotatable bonds is 3. The summed E-state index contributed by atoms with van der Waals surface area (Å²) in [4.78, 5) is 11.7. The van der Waals surface area contributed by atoms with Crippen LogP contribution in [0.15, 0.2) is 0 Å². The van der Waals surface area contributed by atoms with Crippen molar-refractivity contribution in [3.05, 3.63) is 0 Å². The average Bonchev–Trinajstić information content (AvgIpc) is 2.81. The van der Waals surface area contributed by atoms with Gasteiger partial charge in [0, 0.05) is 13.1 Å². The molecule has 15 heavy (non-hydrogen) atoms. The molecule has 2 aliphatic heterocycles. The molecule has 86 valence electrons. The summed E-state index contributed by atoms with van der Waals surface area (Å²) < 4.78 is 0. The maximum atomic E-state index is 11.7. The summed E-state index contributed by atoms with van der Waals surface area (Å²) in [5.74, 6) is 3.75. The van der Waals surface area contributed by atoms with Crippen LogP contribution in [-0.2, 0) is 4.79 Å². The van der Waals surface area contributed by atoms with E-state index in [-0.39, 0.29) is 11.8 Å². The first-order chi connectivity index (χ1) is 7.36. The molecule has 1 amide bonds. The van der Waals surface area contributed by atoms with Crippen LogP contribution in [-0.4, -0.2) is 37.0 Å². The maximum absolute atomic E-state index is 11.7. The van der Waals surface area contributed by atoms with Gasteiger partial charge in [0.05, 0.1) is 5.92 Å². The number of thioether (sulfide) groups is 1. The van der Waals surface area contributed by atoms with Gasteiger partial charge in [0.1, 0.15) is 0 Å². The van der Waals surface area contributed by atoms with Gasteiger partial charge in [-0.2, -0.15) is 11.8 Å². The number of hydrogen-bond acceptors (Lipinski definition) is 3. The Bertz CT molecular complexity index is 211. The monoisotopic (exact) mass is 228 g/mol. The average molecular weight is 228 g/mol. The van der Waals surface area contributed by atoms with E-state index in [9.17, 15) is 4.79 Å². The summed E-state index contributed by atoms with van der Waals surface area (Å²) in [5.41, 5.74) is 0. The zero-order valence-electron chi connectivity index (χ0n) is 9.13. The number of carbonyl (C=O) groups is 1. The van der Waals surface area contributed by atoms with Crippen molar-refractivity contribution >= 4 is 17.7 Å². The second-order valence-electron chi connectivity index (χ2n) is 4.49. The van der Waals surface area contributed by atoms with Gasteiger partial charge < -0.3 is 10.6 Å². The van der Waals surface area contributed by atoms with Crippen molar-refractivity contribution in [1.29, 1.82) is 0 Å². The predicted octanol–water partition coefficient (Wildman–Crippen LogP) is 0.855. The lowest BCUT2D eigenvalue weighted by atomic mass is 10.0. The number of amides is 1. The van der Waals surface area contributed by atoms with Gasteiger partial charge in [0.25, 0.3) is 0 Å². The molecule has 0 saturated carbocycles. The summed E-state index contributed by atoms with van der Waals surface area (Å²) in [5, 5.41) is 6.33. The van der Waals surface area contributed by atoms with Crippen molar-refractivity contribution in [2.75, 3.05) is 31.1 Å². The third-order valence-electron chi connectivity index (χ3n) is 3.34. The third-order valence-corrected chi connectivity index (χ3v) is 4.39. The van der Waals surface area contributed by atoms with E-state index in [1.54, 1.807) is 0 Å². The number of carbonyl (C=O) groups excluding carboxylic acids is 1. The first-order valence-corrected chi connectivity index (χ1v) is 7.08. The van der Waals surface area contributed by atoms with Gasteiger partial charge in [-0.15, -0.1) is 0 Å². The summed E-state index contributed by atoms with van der Waals surface area (Å²) in [6.45, 7) is 2.76. The van der Waals surface area contributed by atoms with Crippen LogP contribution >= 0.6 is 11.8 Å². The molecule has 4 heteroatoms. The molecule has 2 aliphatic rings. The molecule has 0 bridgehead atoms. The van der Waals surface area contributed by atoms with Crippen LogP contribution < -0.4 is 10.6 Å². The fraction of sp³-hybridized carbons (Fsp3) is 0.909. The van der Waals surface area contributed by atoms with Gasteiger partial charge in [-0.25, -0.2) is 0 Å². The summed E-state index contributed by atoms with van der Waals surface area (Å²) in [6, 6.07) is 0. The Labute approximate surface area is 95.8 Å². The molecule has 0 aromatic rings. The highest BCUT2D eigenvalue weighted by atomic mass is 32.2. The number of hydrogen-bond donors (Lipinski definition) is 2. The van der Waals surface area contributed by atoms with Crippen molar-refractivity contribution < 1.29 is 4.79 Å². The highest BCUT2D eigenvalue weighted by Crippen LogP contribution is 2.22. The molecule has 2 saturated heterocycles. The van der Waals surface area contributed by atoms with Gasteiger partial charge in [0.15, 0.2) is 0 Å². The second-order valence-corrected chi connectivity index (χ2v) is 5.72. The molecule has 1 atom stereocenters. The lowest BCUT2D eigenvalue weighted by Crippen LogP contribution is -2.36. The largest absolute Gasteiger partial charge is 0.356 e. The fourth-order valence-electron chi connectivity index (χ4n) is 2.22. The molecule has 3 nitrogen and oxygen atoms in total. The van der Waals surface area contributed by atoms with Crippen molar-refractivity contribution in [2.24, 2.45) is 11.8 Å². The zero-order valence-corrected chi connectivity index (χ0v) is 9.94. The van der Waals surface area contributed by atoms with Crippen molar-refractivity contribution in [3.8, 4) is 0 Å². The van der Waals surface area contributed by atoms with Gasteiger partial charge in [-0.1, -0.05) is 0 Å². The quantitative estimate of drug-likeness (QED) is 0.752. The van der Waals surface area contributed by atoms with Crippen LogP contribution in [0.4, 0.5) is 0 Å². The van der Waals surface area contributed by atoms with Crippen LogP contribution in [0.3, 0.4) is 0 Å². The summed E-state index contributed by atoms with van der Waals surface area (Å²) in [6.07, 6.45) is 3.55. The van der Waals surface area contributed by atoms with E-state index in [0.29, 0.717) is 0 Å². The topological polar surface area (TPSA) is 41.1 Å². The predicted molar refractivity (Wildman–Crippen MR) is 64.0 cm³/mol. The van der Waals surface area contributed by atoms with E-state index in [4.69, 9.17) is 0 Å². The Morgan fingerprint density at radius 1 is 1.33 bits per heavy atom. The Hall–Kier alpha value is -0.220. The van der Waals surface area contributed by atoms with Gasteiger partial charge in [-0.05, 0) is 43.2 Å². The Balaban J connectivity index is 1.65. The smallest absolute Gasteiger partial charge is 0.224 e. The first-order valence-electron chi connectivity index (χ1n) is 5.92. The van der Waals surface area contributed by atoms with Crippen LogP contribution in [0.5, 0.6) is 0 Å². The minimum absolute atomic E-state index is 0.225. The highest BCUT2D eigenvalue weighted by molar-refractivity contribution is 7.99. The maximum Gasteiger partial charge on any atom is 0.224 e. The Kier molecular flexibility index (Phi) is 4.32. The van der Waals surface area contributed by atoms with Crippen LogP contribution in [0.1, 0.15) is 19.3 Å². The second kappa shape index (κ2) is 5.75. The molecule has 0 aromatic carbocycles. The molecular formula is C11H20N2OS. The molecule has 0 spiro atoms. The molecular weight excluding hydrogens is 208 g/mol. The van der Waals surface area contributed by atoms with Gasteiger partial charge in [-0.3, -0.25) is 4.79 Å². The molecule has 2 rings (SSSR count). The van der Waals surface area contributed by atoms with E-state index in [1.807, 2.05) is 11.8 Å². The van der Waals surface area contributed by atoms with Crippen molar-refractivity contribution in [1.82, 2.24) is 10.6 Å². The van der Waals surface area contributed by atoms with Crippen LogP contribution in [0.2, 0.25) is 0 Å². The zero-order chi connectivity index (χ0) is 10.5. The molecule has 1 unspecified atom stereocenters. The van der Waals surface area contributed by atoms with E-state index in [0.717, 1.165) is 32.0 Å². The lowest BCUT2D eigenvalue weighted by Gasteiger charge is -2.22. The molecule has 2 fully saturated rings. The van der Waals surface area contributed by atoms with E-state index < -0.39 is 0 Å². The van der Waals surface area contributed by atoms with Gasteiger partial charge >= 0.3 is 0 Å². The molecule has 2 heterocycles. The number of nitrogens with one attached hydrogen (secondary N) is 2. The van der Waals surface area contributed by atoms with Gasteiger partial charge in [0.2, 0.25) is 5.91 Å². The van der Waals surface area contributed by atoms with Crippen molar-refractivity contribution in [3.63, 3.8) is 0 Å². The summed E-state index contributed by atoms with van der Waals surface area (Å²) in [7, 11) is 0.